The molecule has 8 nitrogen and oxygen atoms in total. The van der Waals surface area contributed by atoms with E-state index in [-0.39, 0.29) is 30.7 Å². The number of pyridine rings is 1. The minimum atomic E-state index is -2.31. The van der Waals surface area contributed by atoms with E-state index in [4.69, 9.17) is 0 Å². The molecule has 31 heavy (non-hydrogen) atoms. The first-order valence-corrected chi connectivity index (χ1v) is 10.2. The van der Waals surface area contributed by atoms with Gasteiger partial charge in [0.2, 0.25) is 12.3 Å². The molecule has 4 heterocycles. The number of urea groups is 1. The highest BCUT2D eigenvalue weighted by atomic mass is 19.3. The van der Waals surface area contributed by atoms with E-state index in [1.165, 1.54) is 0 Å². The second-order valence-corrected chi connectivity index (χ2v) is 7.94. The SMILES string of the molecule is O=C1NCC(c2cc([C@H]3C[C@@H]3c3ccc(CCC(F)F)cn3)c3nccn3n2)C(=O)N1. The molecule has 3 aromatic rings. The quantitative estimate of drug-likeness (QED) is 0.631. The third-order valence-electron chi connectivity index (χ3n) is 5.85. The number of nitrogens with zero attached hydrogens (tertiary/aromatic N) is 4. The summed E-state index contributed by atoms with van der Waals surface area (Å²) in [5.74, 6) is -0.588. The van der Waals surface area contributed by atoms with Crippen molar-refractivity contribution in [3.05, 3.63) is 59.3 Å². The summed E-state index contributed by atoms with van der Waals surface area (Å²) >= 11 is 0. The molecule has 2 fully saturated rings. The molecule has 160 valence electrons. The molecule has 1 saturated carbocycles. The van der Waals surface area contributed by atoms with E-state index >= 15 is 0 Å². The molecule has 1 aliphatic heterocycles. The van der Waals surface area contributed by atoms with Crippen LogP contribution in [0.2, 0.25) is 0 Å². The Morgan fingerprint density at radius 3 is 2.77 bits per heavy atom. The smallest absolute Gasteiger partial charge is 0.321 e. The van der Waals surface area contributed by atoms with Crippen LogP contribution in [0, 0.1) is 0 Å². The summed E-state index contributed by atoms with van der Waals surface area (Å²) in [6, 6.07) is 5.15. The van der Waals surface area contributed by atoms with Gasteiger partial charge < -0.3 is 5.32 Å². The van der Waals surface area contributed by atoms with Gasteiger partial charge in [0.25, 0.3) is 0 Å². The summed E-state index contributed by atoms with van der Waals surface area (Å²) in [7, 11) is 0. The largest absolute Gasteiger partial charge is 0.337 e. The van der Waals surface area contributed by atoms with Crippen LogP contribution in [0.4, 0.5) is 13.6 Å². The summed E-state index contributed by atoms with van der Waals surface area (Å²) in [5.41, 5.74) is 3.99. The lowest BCUT2D eigenvalue weighted by Crippen LogP contribution is -2.51. The number of carbonyl (C=O) groups is 2. The number of hydrogen-bond donors (Lipinski definition) is 2. The van der Waals surface area contributed by atoms with E-state index in [0.717, 1.165) is 28.9 Å². The van der Waals surface area contributed by atoms with E-state index in [2.05, 4.69) is 25.7 Å². The Balaban J connectivity index is 1.39. The molecule has 10 heteroatoms. The Bertz CT molecular complexity index is 1150. The highest BCUT2D eigenvalue weighted by Crippen LogP contribution is 2.55. The first-order valence-electron chi connectivity index (χ1n) is 10.2. The average molecular weight is 426 g/mol. The molecule has 3 aromatic heterocycles. The van der Waals surface area contributed by atoms with E-state index < -0.39 is 18.4 Å². The third-order valence-corrected chi connectivity index (χ3v) is 5.85. The Morgan fingerprint density at radius 1 is 1.16 bits per heavy atom. The fraction of sp³-hybridized carbons (Fsp3) is 0.381. The number of aryl methyl sites for hydroxylation is 1. The van der Waals surface area contributed by atoms with Crippen LogP contribution in [0.1, 0.15) is 53.1 Å². The molecule has 1 unspecified atom stereocenters. The van der Waals surface area contributed by atoms with Crippen LogP contribution in [-0.2, 0) is 11.2 Å². The van der Waals surface area contributed by atoms with E-state index in [1.807, 2.05) is 18.2 Å². The van der Waals surface area contributed by atoms with Gasteiger partial charge in [0.15, 0.2) is 5.65 Å². The molecular formula is C21H20F2N6O2. The van der Waals surface area contributed by atoms with Crippen molar-refractivity contribution in [2.24, 2.45) is 0 Å². The van der Waals surface area contributed by atoms with Gasteiger partial charge in [-0.3, -0.25) is 15.1 Å². The second kappa shape index (κ2) is 7.68. The van der Waals surface area contributed by atoms with Crippen LogP contribution in [0.3, 0.4) is 0 Å². The van der Waals surface area contributed by atoms with Crippen LogP contribution in [0.15, 0.2) is 36.8 Å². The number of hydrogen-bond acceptors (Lipinski definition) is 5. The lowest BCUT2D eigenvalue weighted by molar-refractivity contribution is -0.122. The van der Waals surface area contributed by atoms with Gasteiger partial charge in [0.05, 0.1) is 11.6 Å². The van der Waals surface area contributed by atoms with Crippen LogP contribution in [0.25, 0.3) is 5.65 Å². The number of nitrogens with one attached hydrogen (secondary N) is 2. The highest BCUT2D eigenvalue weighted by molar-refractivity contribution is 6.00. The zero-order valence-electron chi connectivity index (χ0n) is 16.5. The van der Waals surface area contributed by atoms with Crippen LogP contribution in [-0.4, -0.2) is 44.5 Å². The summed E-state index contributed by atoms with van der Waals surface area (Å²) in [4.78, 5) is 32.6. The lowest BCUT2D eigenvalue weighted by Gasteiger charge is -2.22. The number of rotatable bonds is 6. The molecule has 0 aromatic carbocycles. The number of halogens is 2. The molecule has 3 amide bonds. The fourth-order valence-corrected chi connectivity index (χ4v) is 4.12. The highest BCUT2D eigenvalue weighted by Gasteiger charge is 2.43. The first-order chi connectivity index (χ1) is 15.0. The number of alkyl halides is 2. The van der Waals surface area contributed by atoms with Crippen molar-refractivity contribution in [1.29, 1.82) is 0 Å². The average Bonchev–Trinajstić information content (AvgIpc) is 3.40. The fourth-order valence-electron chi connectivity index (χ4n) is 4.12. The van der Waals surface area contributed by atoms with E-state index in [9.17, 15) is 18.4 Å². The summed E-state index contributed by atoms with van der Waals surface area (Å²) in [6.07, 6.45) is 3.76. The normalized spacial score (nSPS) is 23.1. The van der Waals surface area contributed by atoms with Crippen molar-refractivity contribution in [3.63, 3.8) is 0 Å². The van der Waals surface area contributed by atoms with Gasteiger partial charge in [-0.2, -0.15) is 5.10 Å². The number of imide groups is 1. The van der Waals surface area contributed by atoms with Gasteiger partial charge >= 0.3 is 6.03 Å². The maximum atomic E-state index is 12.4. The Kier molecular flexibility index (Phi) is 4.84. The van der Waals surface area contributed by atoms with Crippen molar-refractivity contribution in [1.82, 2.24) is 30.2 Å². The van der Waals surface area contributed by atoms with E-state index in [1.54, 1.807) is 23.1 Å². The number of carbonyl (C=O) groups excluding carboxylic acids is 2. The molecule has 3 atom stereocenters. The predicted molar refractivity (Wildman–Crippen MR) is 106 cm³/mol. The summed E-state index contributed by atoms with van der Waals surface area (Å²) in [5, 5.41) is 9.43. The van der Waals surface area contributed by atoms with Gasteiger partial charge in [0, 0.05) is 48.7 Å². The standard InChI is InChI=1S/C21H20F2N6O2/c22-18(23)4-2-11-1-3-16(25-9-11)13-7-12(13)14-8-17(28-29-6-5-24-19(14)29)15-10-26-21(31)27-20(15)30/h1,3,5-6,8-9,12-13,15,18H,2,4,7,10H2,(H2,26,27,30,31)/t12-,13-,15?/m0/s1. The Hall–Kier alpha value is -3.43. The van der Waals surface area contributed by atoms with Gasteiger partial charge in [-0.25, -0.2) is 23.1 Å². The van der Waals surface area contributed by atoms with Gasteiger partial charge in [-0.1, -0.05) is 6.07 Å². The van der Waals surface area contributed by atoms with Gasteiger partial charge in [-0.15, -0.1) is 0 Å². The first kappa shape index (κ1) is 19.5. The second-order valence-electron chi connectivity index (χ2n) is 7.94. The molecule has 0 spiro atoms. The van der Waals surface area contributed by atoms with Gasteiger partial charge in [0.1, 0.15) is 0 Å². The zero-order chi connectivity index (χ0) is 21.5. The number of aromatic nitrogens is 4. The molecule has 2 aliphatic rings. The maximum Gasteiger partial charge on any atom is 0.321 e. The number of amides is 3. The zero-order valence-corrected chi connectivity index (χ0v) is 16.5. The van der Waals surface area contributed by atoms with Crippen molar-refractivity contribution in [2.75, 3.05) is 6.54 Å². The van der Waals surface area contributed by atoms with Gasteiger partial charge in [-0.05, 0) is 36.5 Å². The number of fused-ring (bicyclic) bond motifs is 1. The maximum absolute atomic E-state index is 12.4. The minimum Gasteiger partial charge on any atom is -0.337 e. The summed E-state index contributed by atoms with van der Waals surface area (Å²) in [6.45, 7) is 0.188. The van der Waals surface area contributed by atoms with Crippen molar-refractivity contribution in [2.45, 2.75) is 43.4 Å². The molecule has 0 bridgehead atoms. The molecule has 1 aliphatic carbocycles. The molecule has 2 N–H and O–H groups in total. The van der Waals surface area contributed by atoms with Crippen molar-refractivity contribution >= 4 is 17.6 Å². The van der Waals surface area contributed by atoms with Crippen LogP contribution >= 0.6 is 0 Å². The topological polar surface area (TPSA) is 101 Å². The van der Waals surface area contributed by atoms with Crippen molar-refractivity contribution < 1.29 is 18.4 Å². The predicted octanol–water partition coefficient (Wildman–Crippen LogP) is 2.52. The molecule has 1 saturated heterocycles. The Labute approximate surface area is 176 Å². The minimum absolute atomic E-state index is 0.167. The third kappa shape index (κ3) is 3.85. The summed E-state index contributed by atoms with van der Waals surface area (Å²) < 4.78 is 26.5. The molecule has 0 radical (unpaired) electrons. The monoisotopic (exact) mass is 426 g/mol. The number of imidazole rings is 1. The Morgan fingerprint density at radius 2 is 2.03 bits per heavy atom. The lowest BCUT2D eigenvalue weighted by atomic mass is 9.99. The van der Waals surface area contributed by atoms with Crippen LogP contribution in [0.5, 0.6) is 0 Å². The molecule has 5 rings (SSSR count). The van der Waals surface area contributed by atoms with Crippen molar-refractivity contribution in [3.8, 4) is 0 Å². The molecular weight excluding hydrogens is 406 g/mol. The van der Waals surface area contributed by atoms with E-state index in [0.29, 0.717) is 12.1 Å². The van der Waals surface area contributed by atoms with Crippen LogP contribution < -0.4 is 10.6 Å².